The average Bonchev–Trinajstić information content (AvgIpc) is 2.13. The van der Waals surface area contributed by atoms with Crippen LogP contribution in [0.3, 0.4) is 0 Å². The van der Waals surface area contributed by atoms with E-state index in [1.165, 1.54) is 4.88 Å². The Bertz CT molecular complexity index is 210. The molecule has 3 heteroatoms. The summed E-state index contributed by atoms with van der Waals surface area (Å²) in [4.78, 5) is 1.25. The highest BCUT2D eigenvalue weighted by Gasteiger charge is 2.05. The average molecular weight is 176 g/mol. The summed E-state index contributed by atoms with van der Waals surface area (Å²) in [5.41, 5.74) is 6.26. The number of rotatable bonds is 1. The van der Waals surface area contributed by atoms with E-state index in [0.29, 0.717) is 15.9 Å². The van der Waals surface area contributed by atoms with Gasteiger partial charge in [-0.1, -0.05) is 25.4 Å². The Morgan fingerprint density at radius 3 is 2.40 bits per heavy atom. The Labute approximate surface area is 69.8 Å². The van der Waals surface area contributed by atoms with Gasteiger partial charge >= 0.3 is 0 Å². The monoisotopic (exact) mass is 175 g/mol. The molecule has 1 nitrogen and oxygen atoms in total. The lowest BCUT2D eigenvalue weighted by atomic mass is 10.2. The zero-order valence-corrected chi connectivity index (χ0v) is 7.59. The van der Waals surface area contributed by atoms with E-state index >= 15 is 0 Å². The van der Waals surface area contributed by atoms with Gasteiger partial charge in [0.1, 0.15) is 4.34 Å². The number of halogens is 1. The molecular weight excluding hydrogens is 166 g/mol. The van der Waals surface area contributed by atoms with E-state index in [4.69, 9.17) is 17.3 Å². The number of thiophene rings is 1. The number of hydrogen-bond donors (Lipinski definition) is 1. The fraction of sp³-hybridized carbons (Fsp3) is 0.429. The van der Waals surface area contributed by atoms with Gasteiger partial charge in [0.05, 0.1) is 5.69 Å². The molecule has 1 aromatic heterocycles. The summed E-state index contributed by atoms with van der Waals surface area (Å²) in [6, 6.07) is 1.94. The molecule has 0 spiro atoms. The van der Waals surface area contributed by atoms with Crippen molar-refractivity contribution in [1.29, 1.82) is 0 Å². The van der Waals surface area contributed by atoms with Crippen molar-refractivity contribution in [3.63, 3.8) is 0 Å². The fourth-order valence-electron chi connectivity index (χ4n) is 0.686. The third-order valence-corrected chi connectivity index (χ3v) is 2.99. The first kappa shape index (κ1) is 7.89. The molecule has 0 aromatic carbocycles. The van der Waals surface area contributed by atoms with Gasteiger partial charge in [0, 0.05) is 4.88 Å². The number of hydrogen-bond acceptors (Lipinski definition) is 2. The number of nitrogen functional groups attached to an aromatic ring is 1. The lowest BCUT2D eigenvalue weighted by Gasteiger charge is -1.95. The van der Waals surface area contributed by atoms with Crippen LogP contribution in [-0.4, -0.2) is 0 Å². The molecular formula is C7H10ClNS. The zero-order chi connectivity index (χ0) is 7.72. The quantitative estimate of drug-likeness (QED) is 0.698. The molecule has 0 atom stereocenters. The van der Waals surface area contributed by atoms with Crippen LogP contribution in [0.1, 0.15) is 24.6 Å². The predicted octanol–water partition coefficient (Wildman–Crippen LogP) is 3.11. The minimum absolute atomic E-state index is 0.528. The number of nitrogens with two attached hydrogens (primary N) is 1. The van der Waals surface area contributed by atoms with Gasteiger partial charge in [-0.3, -0.25) is 0 Å². The second-order valence-corrected chi connectivity index (χ2v) is 4.22. The van der Waals surface area contributed by atoms with Crippen molar-refractivity contribution in [1.82, 2.24) is 0 Å². The van der Waals surface area contributed by atoms with Gasteiger partial charge in [-0.2, -0.15) is 0 Å². The van der Waals surface area contributed by atoms with Crippen molar-refractivity contribution >= 4 is 28.6 Å². The van der Waals surface area contributed by atoms with Crippen LogP contribution < -0.4 is 5.73 Å². The van der Waals surface area contributed by atoms with Crippen LogP contribution in [-0.2, 0) is 0 Å². The van der Waals surface area contributed by atoms with Gasteiger partial charge in [-0.15, -0.1) is 11.3 Å². The zero-order valence-electron chi connectivity index (χ0n) is 6.02. The molecule has 0 radical (unpaired) electrons. The van der Waals surface area contributed by atoms with E-state index in [9.17, 15) is 0 Å². The largest absolute Gasteiger partial charge is 0.397 e. The summed E-state index contributed by atoms with van der Waals surface area (Å²) >= 11 is 7.33. The molecule has 10 heavy (non-hydrogen) atoms. The van der Waals surface area contributed by atoms with Crippen molar-refractivity contribution in [3.05, 3.63) is 15.3 Å². The van der Waals surface area contributed by atoms with Crippen LogP contribution in [0, 0.1) is 0 Å². The molecule has 1 heterocycles. The maximum absolute atomic E-state index is 5.77. The van der Waals surface area contributed by atoms with Gasteiger partial charge in [-0.05, 0) is 12.0 Å². The van der Waals surface area contributed by atoms with E-state index in [0.717, 1.165) is 0 Å². The Balaban J connectivity index is 2.98. The van der Waals surface area contributed by atoms with Crippen molar-refractivity contribution in [2.45, 2.75) is 19.8 Å². The summed E-state index contributed by atoms with van der Waals surface area (Å²) in [7, 11) is 0. The van der Waals surface area contributed by atoms with Gasteiger partial charge in [0.25, 0.3) is 0 Å². The highest BCUT2D eigenvalue weighted by Crippen LogP contribution is 2.33. The minimum Gasteiger partial charge on any atom is -0.397 e. The molecule has 0 fully saturated rings. The van der Waals surface area contributed by atoms with Crippen LogP contribution in [0.4, 0.5) is 5.69 Å². The first-order valence-electron chi connectivity index (χ1n) is 3.16. The smallest absolute Gasteiger partial charge is 0.116 e. The Morgan fingerprint density at radius 1 is 1.60 bits per heavy atom. The first-order valence-corrected chi connectivity index (χ1v) is 4.35. The molecule has 0 saturated heterocycles. The summed E-state index contributed by atoms with van der Waals surface area (Å²) in [6.07, 6.45) is 0. The highest BCUT2D eigenvalue weighted by molar-refractivity contribution is 7.17. The standard InChI is InChI=1S/C7H10ClNS/c1-4(2)6-3-5(9)7(8)10-6/h3-4H,9H2,1-2H3. The second kappa shape index (κ2) is 2.81. The normalized spacial score (nSPS) is 10.8. The lowest BCUT2D eigenvalue weighted by Crippen LogP contribution is -1.81. The third-order valence-electron chi connectivity index (χ3n) is 1.30. The summed E-state index contributed by atoms with van der Waals surface area (Å²) in [6.45, 7) is 4.25. The lowest BCUT2D eigenvalue weighted by molar-refractivity contribution is 0.890. The van der Waals surface area contributed by atoms with Crippen molar-refractivity contribution in [2.75, 3.05) is 5.73 Å². The predicted molar refractivity (Wildman–Crippen MR) is 47.8 cm³/mol. The van der Waals surface area contributed by atoms with E-state index in [2.05, 4.69) is 13.8 Å². The minimum atomic E-state index is 0.528. The van der Waals surface area contributed by atoms with E-state index in [1.54, 1.807) is 11.3 Å². The summed E-state index contributed by atoms with van der Waals surface area (Å²) in [5, 5.41) is 0. The second-order valence-electron chi connectivity index (χ2n) is 2.53. The van der Waals surface area contributed by atoms with Gasteiger partial charge in [0.2, 0.25) is 0 Å². The van der Waals surface area contributed by atoms with E-state index in [-0.39, 0.29) is 0 Å². The van der Waals surface area contributed by atoms with E-state index in [1.807, 2.05) is 6.07 Å². The molecule has 0 amide bonds. The third kappa shape index (κ3) is 1.44. The molecule has 0 aliphatic heterocycles. The van der Waals surface area contributed by atoms with Crippen LogP contribution >= 0.6 is 22.9 Å². The maximum atomic E-state index is 5.77. The molecule has 0 unspecified atom stereocenters. The Kier molecular flexibility index (Phi) is 2.21. The van der Waals surface area contributed by atoms with Crippen molar-refractivity contribution in [2.24, 2.45) is 0 Å². The fourth-order valence-corrected chi connectivity index (χ4v) is 1.81. The van der Waals surface area contributed by atoms with Crippen LogP contribution in [0.2, 0.25) is 4.34 Å². The molecule has 0 aliphatic rings. The Morgan fingerprint density at radius 2 is 2.20 bits per heavy atom. The van der Waals surface area contributed by atoms with Gasteiger partial charge in [-0.25, -0.2) is 0 Å². The number of anilines is 1. The van der Waals surface area contributed by atoms with Crippen LogP contribution in [0.25, 0.3) is 0 Å². The van der Waals surface area contributed by atoms with Crippen molar-refractivity contribution in [3.8, 4) is 0 Å². The molecule has 1 rings (SSSR count). The van der Waals surface area contributed by atoms with Crippen LogP contribution in [0.5, 0.6) is 0 Å². The molecule has 56 valence electrons. The topological polar surface area (TPSA) is 26.0 Å². The summed E-state index contributed by atoms with van der Waals surface area (Å²) in [5.74, 6) is 0.528. The molecule has 2 N–H and O–H groups in total. The highest BCUT2D eigenvalue weighted by atomic mass is 35.5. The molecule has 1 aromatic rings. The molecule has 0 saturated carbocycles. The Hall–Kier alpha value is -0.210. The van der Waals surface area contributed by atoms with Crippen LogP contribution in [0.15, 0.2) is 6.07 Å². The first-order chi connectivity index (χ1) is 4.61. The maximum Gasteiger partial charge on any atom is 0.116 e. The van der Waals surface area contributed by atoms with Gasteiger partial charge in [0.15, 0.2) is 0 Å². The van der Waals surface area contributed by atoms with Gasteiger partial charge < -0.3 is 5.73 Å². The summed E-state index contributed by atoms with van der Waals surface area (Å²) < 4.78 is 0.712. The van der Waals surface area contributed by atoms with Crippen molar-refractivity contribution < 1.29 is 0 Å². The van der Waals surface area contributed by atoms with E-state index < -0.39 is 0 Å². The SMILES string of the molecule is CC(C)c1cc(N)c(Cl)s1. The molecule has 0 aliphatic carbocycles. The molecule has 0 bridgehead atoms.